The predicted octanol–water partition coefficient (Wildman–Crippen LogP) is 3.98. The molecule has 0 N–H and O–H groups in total. The zero-order valence-corrected chi connectivity index (χ0v) is 17.5. The third-order valence-electron chi connectivity index (χ3n) is 4.41. The smallest absolute Gasteiger partial charge is 0.337 e. The zero-order valence-electron chi connectivity index (χ0n) is 16.7. The second-order valence-corrected chi connectivity index (χ2v) is 8.48. The van der Waals surface area contributed by atoms with Crippen LogP contribution in [0.5, 0.6) is 0 Å². The van der Waals surface area contributed by atoms with Gasteiger partial charge in [0.2, 0.25) is 0 Å². The van der Waals surface area contributed by atoms with E-state index in [2.05, 4.69) is 16.7 Å². The molecular weight excluding hydrogens is 398 g/mol. The molecule has 0 spiro atoms. The van der Waals surface area contributed by atoms with Gasteiger partial charge in [0.05, 0.1) is 24.1 Å². The Labute approximate surface area is 177 Å². The van der Waals surface area contributed by atoms with Gasteiger partial charge in [0.15, 0.2) is 0 Å². The second-order valence-electron chi connectivity index (χ2n) is 6.62. The molecule has 0 radical (unpaired) electrons. The van der Waals surface area contributed by atoms with Crippen molar-refractivity contribution in [3.8, 4) is 12.0 Å². The zero-order chi connectivity index (χ0) is 21.6. The molecule has 0 heterocycles. The molecule has 0 bridgehead atoms. The van der Waals surface area contributed by atoms with E-state index < -0.39 is 16.0 Å². The maximum atomic E-state index is 13.3. The van der Waals surface area contributed by atoms with Gasteiger partial charge in [-0.1, -0.05) is 48.0 Å². The SMILES string of the molecule is COC(=O)c1ccc(S(=O)(=O)N(C#Cc2ccccc2)Cc2ccc(C)cc2)cc1. The third-order valence-corrected chi connectivity index (χ3v) is 6.08. The van der Waals surface area contributed by atoms with Crippen LogP contribution >= 0.6 is 0 Å². The van der Waals surface area contributed by atoms with Crippen LogP contribution in [0.1, 0.15) is 27.0 Å². The van der Waals surface area contributed by atoms with Crippen molar-refractivity contribution in [2.75, 3.05) is 7.11 Å². The van der Waals surface area contributed by atoms with E-state index in [1.807, 2.05) is 61.5 Å². The summed E-state index contributed by atoms with van der Waals surface area (Å²) >= 11 is 0. The molecule has 0 atom stereocenters. The number of esters is 1. The average Bonchev–Trinajstić information content (AvgIpc) is 2.78. The summed E-state index contributed by atoms with van der Waals surface area (Å²) in [6.45, 7) is 2.07. The summed E-state index contributed by atoms with van der Waals surface area (Å²) < 4.78 is 32.4. The van der Waals surface area contributed by atoms with Crippen LogP contribution in [0, 0.1) is 18.9 Å². The van der Waals surface area contributed by atoms with Crippen LogP contribution in [-0.4, -0.2) is 25.8 Å². The number of ether oxygens (including phenoxy) is 1. The number of sulfonamides is 1. The second kappa shape index (κ2) is 9.29. The van der Waals surface area contributed by atoms with Gasteiger partial charge in [-0.25, -0.2) is 17.5 Å². The Morgan fingerprint density at radius 2 is 1.57 bits per heavy atom. The van der Waals surface area contributed by atoms with Crippen LogP contribution in [0.4, 0.5) is 0 Å². The molecule has 0 saturated heterocycles. The first kappa shape index (κ1) is 21.2. The summed E-state index contributed by atoms with van der Waals surface area (Å²) in [5.74, 6) is 2.39. The molecule has 152 valence electrons. The first-order valence-corrected chi connectivity index (χ1v) is 10.7. The lowest BCUT2D eigenvalue weighted by Gasteiger charge is -2.18. The lowest BCUT2D eigenvalue weighted by Crippen LogP contribution is -2.26. The Hall–Kier alpha value is -3.56. The van der Waals surface area contributed by atoms with E-state index in [4.69, 9.17) is 0 Å². The highest BCUT2D eigenvalue weighted by Gasteiger charge is 2.23. The fraction of sp³-hybridized carbons (Fsp3) is 0.125. The van der Waals surface area contributed by atoms with E-state index in [0.717, 1.165) is 15.4 Å². The highest BCUT2D eigenvalue weighted by Crippen LogP contribution is 2.19. The summed E-state index contributed by atoms with van der Waals surface area (Å²) in [5, 5.41) is 0. The van der Waals surface area contributed by atoms with Crippen LogP contribution in [0.3, 0.4) is 0 Å². The molecule has 0 saturated carbocycles. The van der Waals surface area contributed by atoms with Crippen molar-refractivity contribution in [3.63, 3.8) is 0 Å². The number of carbonyl (C=O) groups is 1. The Morgan fingerprint density at radius 3 is 2.17 bits per heavy atom. The van der Waals surface area contributed by atoms with Gasteiger partial charge >= 0.3 is 5.97 Å². The van der Waals surface area contributed by atoms with Gasteiger partial charge in [-0.15, -0.1) is 0 Å². The fourth-order valence-corrected chi connectivity index (χ4v) is 3.92. The van der Waals surface area contributed by atoms with Gasteiger partial charge in [0, 0.05) is 11.6 Å². The molecule has 3 rings (SSSR count). The van der Waals surface area contributed by atoms with Crippen molar-refractivity contribution >= 4 is 16.0 Å². The number of hydrogen-bond donors (Lipinski definition) is 0. The highest BCUT2D eigenvalue weighted by atomic mass is 32.2. The predicted molar refractivity (Wildman–Crippen MR) is 115 cm³/mol. The van der Waals surface area contributed by atoms with Crippen LogP contribution in [0.15, 0.2) is 83.8 Å². The van der Waals surface area contributed by atoms with Crippen molar-refractivity contribution < 1.29 is 17.9 Å². The van der Waals surface area contributed by atoms with Crippen LogP contribution in [0.2, 0.25) is 0 Å². The minimum atomic E-state index is -3.92. The largest absolute Gasteiger partial charge is 0.465 e. The van der Waals surface area contributed by atoms with E-state index in [1.165, 1.54) is 31.4 Å². The molecule has 6 heteroatoms. The monoisotopic (exact) mass is 419 g/mol. The summed E-state index contributed by atoms with van der Waals surface area (Å²) in [5.41, 5.74) is 2.89. The van der Waals surface area contributed by atoms with Gasteiger partial charge in [0.1, 0.15) is 0 Å². The lowest BCUT2D eigenvalue weighted by molar-refractivity contribution is 0.0600. The molecule has 3 aromatic carbocycles. The Balaban J connectivity index is 1.98. The first-order chi connectivity index (χ1) is 14.4. The van der Waals surface area contributed by atoms with Crippen molar-refractivity contribution in [1.82, 2.24) is 4.31 Å². The minimum absolute atomic E-state index is 0.0460. The number of rotatable bonds is 5. The fourth-order valence-electron chi connectivity index (χ4n) is 2.70. The molecule has 0 aliphatic heterocycles. The number of benzene rings is 3. The van der Waals surface area contributed by atoms with Crippen molar-refractivity contribution in [3.05, 3.63) is 101 Å². The standard InChI is InChI=1S/C24H21NO4S/c1-19-8-10-21(11-9-19)18-25(17-16-20-6-4-3-5-7-20)30(27,28)23-14-12-22(13-15-23)24(26)29-2/h3-15H,18H2,1-2H3. The van der Waals surface area contributed by atoms with Gasteiger partial charge in [-0.2, -0.15) is 0 Å². The van der Waals surface area contributed by atoms with Gasteiger partial charge in [0.25, 0.3) is 10.0 Å². The van der Waals surface area contributed by atoms with Crippen molar-refractivity contribution in [1.29, 1.82) is 0 Å². The van der Waals surface area contributed by atoms with Gasteiger partial charge in [-0.05, 0) is 54.8 Å². The Kier molecular flexibility index (Phi) is 6.55. The minimum Gasteiger partial charge on any atom is -0.465 e. The number of hydrogen-bond acceptors (Lipinski definition) is 4. The van der Waals surface area contributed by atoms with E-state index >= 15 is 0 Å². The van der Waals surface area contributed by atoms with E-state index in [-0.39, 0.29) is 17.0 Å². The van der Waals surface area contributed by atoms with E-state index in [1.54, 1.807) is 0 Å². The van der Waals surface area contributed by atoms with Crippen molar-refractivity contribution in [2.24, 2.45) is 0 Å². The van der Waals surface area contributed by atoms with Gasteiger partial charge < -0.3 is 4.74 Å². The highest BCUT2D eigenvalue weighted by molar-refractivity contribution is 7.89. The maximum absolute atomic E-state index is 13.3. The normalized spacial score (nSPS) is 10.6. The topological polar surface area (TPSA) is 63.7 Å². The Morgan fingerprint density at radius 1 is 0.933 bits per heavy atom. The molecule has 0 aliphatic rings. The molecule has 0 aliphatic carbocycles. The first-order valence-electron chi connectivity index (χ1n) is 9.23. The van der Waals surface area contributed by atoms with E-state index in [9.17, 15) is 13.2 Å². The lowest BCUT2D eigenvalue weighted by atomic mass is 10.1. The number of carbonyl (C=O) groups excluding carboxylic acids is 1. The number of nitrogens with zero attached hydrogens (tertiary/aromatic N) is 1. The third kappa shape index (κ3) is 5.07. The molecule has 0 amide bonds. The van der Waals surface area contributed by atoms with Crippen molar-refractivity contribution in [2.45, 2.75) is 18.4 Å². The number of methoxy groups -OCH3 is 1. The quantitative estimate of drug-likeness (QED) is 0.356. The summed E-state index contributed by atoms with van der Waals surface area (Å²) in [6, 6.07) is 25.2. The molecule has 0 aromatic heterocycles. The molecular formula is C24H21NO4S. The summed E-state index contributed by atoms with van der Waals surface area (Å²) in [7, 11) is -2.65. The summed E-state index contributed by atoms with van der Waals surface area (Å²) in [4.78, 5) is 11.7. The molecule has 3 aromatic rings. The Bertz CT molecular complexity index is 1170. The maximum Gasteiger partial charge on any atom is 0.337 e. The number of aryl methyl sites for hydroxylation is 1. The van der Waals surface area contributed by atoms with Crippen LogP contribution < -0.4 is 0 Å². The average molecular weight is 420 g/mol. The van der Waals surface area contributed by atoms with Crippen LogP contribution in [-0.2, 0) is 21.3 Å². The molecule has 5 nitrogen and oxygen atoms in total. The van der Waals surface area contributed by atoms with Crippen LogP contribution in [0.25, 0.3) is 0 Å². The summed E-state index contributed by atoms with van der Waals surface area (Å²) in [6.07, 6.45) is 0. The van der Waals surface area contributed by atoms with Gasteiger partial charge in [-0.3, -0.25) is 0 Å². The molecule has 30 heavy (non-hydrogen) atoms. The molecule has 0 unspecified atom stereocenters. The molecule has 0 fully saturated rings. The van der Waals surface area contributed by atoms with E-state index in [0.29, 0.717) is 5.56 Å².